The van der Waals surface area contributed by atoms with Gasteiger partial charge in [0.2, 0.25) is 5.91 Å². The zero-order valence-corrected chi connectivity index (χ0v) is 18.9. The molecule has 1 saturated heterocycles. The average molecular weight is 426 g/mol. The summed E-state index contributed by atoms with van der Waals surface area (Å²) in [5.41, 5.74) is 1.90. The largest absolute Gasteiger partial charge is 0.373 e. The number of nitrogens with zero attached hydrogens (tertiary/aromatic N) is 4. The Morgan fingerprint density at radius 3 is 2.77 bits per heavy atom. The van der Waals surface area contributed by atoms with E-state index in [0.29, 0.717) is 31.0 Å². The first kappa shape index (κ1) is 21.7. The topological polar surface area (TPSA) is 61.4 Å². The van der Waals surface area contributed by atoms with Crippen molar-refractivity contribution in [3.63, 3.8) is 0 Å². The zero-order chi connectivity index (χ0) is 22.2. The van der Waals surface area contributed by atoms with Crippen LogP contribution >= 0.6 is 0 Å². The summed E-state index contributed by atoms with van der Waals surface area (Å²) in [5.74, 6) is 1.74. The minimum atomic E-state index is -0.813. The molecular weight excluding hydrogens is 393 g/mol. The molecule has 1 aromatic heterocycles. The molecule has 7 heteroatoms. The van der Waals surface area contributed by atoms with Gasteiger partial charge in [0.25, 0.3) is 0 Å². The van der Waals surface area contributed by atoms with Gasteiger partial charge in [-0.25, -0.2) is 14.4 Å². The summed E-state index contributed by atoms with van der Waals surface area (Å²) in [7, 11) is 4.02. The minimum absolute atomic E-state index is 0.0104. The van der Waals surface area contributed by atoms with Gasteiger partial charge in [-0.05, 0) is 58.0 Å². The van der Waals surface area contributed by atoms with Crippen LogP contribution in [0.1, 0.15) is 55.3 Å². The maximum absolute atomic E-state index is 13.8. The minimum Gasteiger partial charge on any atom is -0.373 e. The number of likely N-dealkylation sites (tertiary alicyclic amines) is 1. The summed E-state index contributed by atoms with van der Waals surface area (Å²) in [6.45, 7) is 6.89. The van der Waals surface area contributed by atoms with Crippen LogP contribution in [0.3, 0.4) is 0 Å². The van der Waals surface area contributed by atoms with Crippen LogP contribution in [-0.4, -0.2) is 59.4 Å². The molecule has 2 aliphatic rings. The van der Waals surface area contributed by atoms with Crippen LogP contribution in [0.4, 0.5) is 10.2 Å². The standard InChI is InChI=1S/C24H32FN5O/c1-24(2,17-8-5-9-18(25)13-17)23(31)30-12-10-20-19(15-30)22(26-3)28-21(27-20)16-7-6-11-29(4)14-16/h5,8-9,13,16H,6-7,10-12,14-15H2,1-4H3,(H,26,27,28)/t16-/m0/s1. The van der Waals surface area contributed by atoms with Gasteiger partial charge >= 0.3 is 0 Å². The lowest BCUT2D eigenvalue weighted by atomic mass is 9.82. The van der Waals surface area contributed by atoms with E-state index >= 15 is 0 Å². The van der Waals surface area contributed by atoms with Crippen LogP contribution in [0.2, 0.25) is 0 Å². The monoisotopic (exact) mass is 425 g/mol. The Labute approximate surface area is 183 Å². The second kappa shape index (κ2) is 8.54. The SMILES string of the molecule is CNc1nc([C@H]2CCCN(C)C2)nc2c1CN(C(=O)C(C)(C)c1cccc(F)c1)CC2. The highest BCUT2D eigenvalue weighted by Gasteiger charge is 2.36. The maximum Gasteiger partial charge on any atom is 0.232 e. The van der Waals surface area contributed by atoms with Crippen LogP contribution in [0, 0.1) is 5.82 Å². The fourth-order valence-corrected chi connectivity index (χ4v) is 4.77. The lowest BCUT2D eigenvalue weighted by Crippen LogP contribution is -2.46. The first-order chi connectivity index (χ1) is 14.8. The molecule has 0 bridgehead atoms. The van der Waals surface area contributed by atoms with E-state index in [9.17, 15) is 9.18 Å². The molecule has 1 fully saturated rings. The molecule has 0 radical (unpaired) electrons. The van der Waals surface area contributed by atoms with Gasteiger partial charge in [-0.2, -0.15) is 0 Å². The van der Waals surface area contributed by atoms with Gasteiger partial charge in [-0.3, -0.25) is 4.79 Å². The van der Waals surface area contributed by atoms with Crippen LogP contribution < -0.4 is 5.32 Å². The molecule has 4 rings (SSSR count). The third kappa shape index (κ3) is 4.28. The van der Waals surface area contributed by atoms with Gasteiger partial charge in [0, 0.05) is 38.0 Å². The quantitative estimate of drug-likeness (QED) is 0.814. The molecule has 1 amide bonds. The van der Waals surface area contributed by atoms with E-state index in [-0.39, 0.29) is 11.7 Å². The fraction of sp³-hybridized carbons (Fsp3) is 0.542. The molecule has 2 aliphatic heterocycles. The first-order valence-corrected chi connectivity index (χ1v) is 11.1. The van der Waals surface area contributed by atoms with Crippen molar-refractivity contribution in [2.45, 2.75) is 51.0 Å². The molecule has 6 nitrogen and oxygen atoms in total. The fourth-order valence-electron chi connectivity index (χ4n) is 4.77. The summed E-state index contributed by atoms with van der Waals surface area (Å²) in [6, 6.07) is 6.32. The van der Waals surface area contributed by atoms with Crippen LogP contribution in [0.25, 0.3) is 0 Å². The van der Waals surface area contributed by atoms with E-state index < -0.39 is 5.41 Å². The Hall–Kier alpha value is -2.54. The van der Waals surface area contributed by atoms with Crippen LogP contribution in [0.5, 0.6) is 0 Å². The van der Waals surface area contributed by atoms with E-state index in [1.165, 1.54) is 12.1 Å². The van der Waals surface area contributed by atoms with Crippen molar-refractivity contribution in [3.8, 4) is 0 Å². The molecule has 0 aliphatic carbocycles. The van der Waals surface area contributed by atoms with E-state index in [0.717, 1.165) is 48.8 Å². The number of nitrogens with one attached hydrogen (secondary N) is 1. The van der Waals surface area contributed by atoms with Gasteiger partial charge in [0.1, 0.15) is 17.5 Å². The van der Waals surface area contributed by atoms with Crippen molar-refractivity contribution in [2.75, 3.05) is 39.0 Å². The lowest BCUT2D eigenvalue weighted by Gasteiger charge is -2.36. The number of aromatic nitrogens is 2. The molecule has 0 unspecified atom stereocenters. The van der Waals surface area contributed by atoms with Crippen molar-refractivity contribution in [2.24, 2.45) is 0 Å². The Morgan fingerprint density at radius 2 is 2.06 bits per heavy atom. The van der Waals surface area contributed by atoms with E-state index in [4.69, 9.17) is 9.97 Å². The summed E-state index contributed by atoms with van der Waals surface area (Å²) >= 11 is 0. The molecule has 1 aromatic carbocycles. The third-order valence-corrected chi connectivity index (χ3v) is 6.67. The first-order valence-electron chi connectivity index (χ1n) is 11.1. The number of hydrogen-bond donors (Lipinski definition) is 1. The van der Waals surface area contributed by atoms with Gasteiger partial charge < -0.3 is 15.1 Å². The lowest BCUT2D eigenvalue weighted by molar-refractivity contribution is -0.137. The van der Waals surface area contributed by atoms with Crippen molar-refractivity contribution in [1.82, 2.24) is 19.8 Å². The number of carbonyl (C=O) groups is 1. The Bertz CT molecular complexity index is 959. The Balaban J connectivity index is 1.58. The summed E-state index contributed by atoms with van der Waals surface area (Å²) in [6.07, 6.45) is 2.97. The van der Waals surface area contributed by atoms with E-state index in [2.05, 4.69) is 17.3 Å². The number of fused-ring (bicyclic) bond motifs is 1. The normalized spacial score (nSPS) is 19.8. The molecule has 166 valence electrons. The average Bonchev–Trinajstić information content (AvgIpc) is 2.77. The van der Waals surface area contributed by atoms with E-state index in [1.807, 2.05) is 31.9 Å². The van der Waals surface area contributed by atoms with Gasteiger partial charge in [-0.15, -0.1) is 0 Å². The van der Waals surface area contributed by atoms with Crippen LogP contribution in [0.15, 0.2) is 24.3 Å². The second-order valence-corrected chi connectivity index (χ2v) is 9.32. The molecule has 1 N–H and O–H groups in total. The molecular formula is C24H32FN5O. The number of hydrogen-bond acceptors (Lipinski definition) is 5. The van der Waals surface area contributed by atoms with Crippen molar-refractivity contribution >= 4 is 11.7 Å². The number of rotatable bonds is 4. The molecule has 0 spiro atoms. The predicted octanol–water partition coefficient (Wildman–Crippen LogP) is 3.33. The molecule has 1 atom stereocenters. The highest BCUT2D eigenvalue weighted by atomic mass is 19.1. The molecule has 3 heterocycles. The number of carbonyl (C=O) groups excluding carboxylic acids is 1. The van der Waals surface area contributed by atoms with Crippen molar-refractivity contribution < 1.29 is 9.18 Å². The number of benzene rings is 1. The molecule has 31 heavy (non-hydrogen) atoms. The molecule has 0 saturated carbocycles. The van der Waals surface area contributed by atoms with E-state index in [1.54, 1.807) is 6.07 Å². The van der Waals surface area contributed by atoms with Crippen molar-refractivity contribution in [3.05, 3.63) is 52.7 Å². The number of piperidine rings is 1. The second-order valence-electron chi connectivity index (χ2n) is 9.32. The highest BCUT2D eigenvalue weighted by Crippen LogP contribution is 2.32. The number of amides is 1. The number of anilines is 1. The highest BCUT2D eigenvalue weighted by molar-refractivity contribution is 5.87. The summed E-state index contributed by atoms with van der Waals surface area (Å²) < 4.78 is 13.8. The van der Waals surface area contributed by atoms with Crippen molar-refractivity contribution in [1.29, 1.82) is 0 Å². The number of halogens is 1. The van der Waals surface area contributed by atoms with Gasteiger partial charge in [0.15, 0.2) is 0 Å². The molecule has 2 aromatic rings. The third-order valence-electron chi connectivity index (χ3n) is 6.67. The Kier molecular flexibility index (Phi) is 5.97. The predicted molar refractivity (Wildman–Crippen MR) is 120 cm³/mol. The van der Waals surface area contributed by atoms with Crippen LogP contribution in [-0.2, 0) is 23.2 Å². The van der Waals surface area contributed by atoms with Gasteiger partial charge in [-0.1, -0.05) is 12.1 Å². The smallest absolute Gasteiger partial charge is 0.232 e. The summed E-state index contributed by atoms with van der Waals surface area (Å²) in [5, 5.41) is 3.23. The Morgan fingerprint density at radius 1 is 1.26 bits per heavy atom. The van der Waals surface area contributed by atoms with Gasteiger partial charge in [0.05, 0.1) is 17.7 Å². The zero-order valence-electron chi connectivity index (χ0n) is 18.9. The summed E-state index contributed by atoms with van der Waals surface area (Å²) in [4.78, 5) is 27.4. The maximum atomic E-state index is 13.8. The number of likely N-dealkylation sites (N-methyl/N-ethyl adjacent to an activating group) is 1.